The first-order chi connectivity index (χ1) is 9.79. The van der Waals surface area contributed by atoms with Gasteiger partial charge in [-0.05, 0) is 31.4 Å². The Morgan fingerprint density at radius 2 is 2.25 bits per heavy atom. The van der Waals surface area contributed by atoms with E-state index in [9.17, 15) is 4.79 Å². The summed E-state index contributed by atoms with van der Waals surface area (Å²) in [4.78, 5) is 11.6. The van der Waals surface area contributed by atoms with Crippen molar-refractivity contribution in [3.63, 3.8) is 0 Å². The zero-order valence-electron chi connectivity index (χ0n) is 11.1. The Balaban J connectivity index is 1.74. The van der Waals surface area contributed by atoms with E-state index in [-0.39, 0.29) is 11.7 Å². The molecule has 2 aromatic rings. The number of nitrogens with zero attached hydrogens (tertiary/aromatic N) is 1. The molecule has 1 aromatic heterocycles. The summed E-state index contributed by atoms with van der Waals surface area (Å²) in [6.45, 7) is 0.439. The lowest BCUT2D eigenvalue weighted by Crippen LogP contribution is -2.11. The summed E-state index contributed by atoms with van der Waals surface area (Å²) in [5, 5.41) is 9.90. The number of hydrogen-bond donors (Lipinski definition) is 0. The molecule has 1 fully saturated rings. The number of ketones is 1. The molecule has 1 unspecified atom stereocenters. The number of nitriles is 1. The van der Waals surface area contributed by atoms with Gasteiger partial charge in [-0.15, -0.1) is 0 Å². The van der Waals surface area contributed by atoms with Gasteiger partial charge in [0.1, 0.15) is 17.4 Å². The molecule has 0 radical (unpaired) electrons. The third-order valence-corrected chi connectivity index (χ3v) is 3.80. The summed E-state index contributed by atoms with van der Waals surface area (Å²) >= 11 is 0. The van der Waals surface area contributed by atoms with Crippen molar-refractivity contribution < 1.29 is 13.9 Å². The van der Waals surface area contributed by atoms with Gasteiger partial charge in [0.15, 0.2) is 5.75 Å². The van der Waals surface area contributed by atoms with E-state index < -0.39 is 0 Å². The predicted octanol–water partition coefficient (Wildman–Crippen LogP) is 3.44. The standard InChI is InChI=1S/C16H15NO3/c17-10-15-16(12-5-1-2-7-14(12)20-15)19-9-8-11-4-3-6-13(11)18/h1-2,5,7,11H,3-4,6,8-9H2. The van der Waals surface area contributed by atoms with Gasteiger partial charge in [-0.2, -0.15) is 5.26 Å². The molecule has 0 aliphatic heterocycles. The van der Waals surface area contributed by atoms with E-state index >= 15 is 0 Å². The van der Waals surface area contributed by atoms with E-state index in [2.05, 4.69) is 0 Å². The maximum Gasteiger partial charge on any atom is 0.246 e. The lowest BCUT2D eigenvalue weighted by Gasteiger charge is -2.08. The van der Waals surface area contributed by atoms with Crippen molar-refractivity contribution in [3.8, 4) is 11.8 Å². The molecule has 3 rings (SSSR count). The summed E-state index contributed by atoms with van der Waals surface area (Å²) in [5.41, 5.74) is 0.649. The Labute approximate surface area is 116 Å². The monoisotopic (exact) mass is 269 g/mol. The number of Topliss-reactive ketones (excluding diaryl/α,β-unsaturated/α-hetero) is 1. The van der Waals surface area contributed by atoms with Gasteiger partial charge < -0.3 is 9.15 Å². The Morgan fingerprint density at radius 1 is 1.40 bits per heavy atom. The average molecular weight is 269 g/mol. The largest absolute Gasteiger partial charge is 0.488 e. The van der Waals surface area contributed by atoms with Crippen LogP contribution in [0.2, 0.25) is 0 Å². The van der Waals surface area contributed by atoms with Crippen molar-refractivity contribution in [1.82, 2.24) is 0 Å². The van der Waals surface area contributed by atoms with Crippen molar-refractivity contribution in [3.05, 3.63) is 30.0 Å². The number of carbonyl (C=O) groups is 1. The number of ether oxygens (including phenoxy) is 1. The second kappa shape index (κ2) is 5.38. The molecule has 0 spiro atoms. The van der Waals surface area contributed by atoms with Crippen molar-refractivity contribution in [2.45, 2.75) is 25.7 Å². The quantitative estimate of drug-likeness (QED) is 0.852. The van der Waals surface area contributed by atoms with Crippen molar-refractivity contribution >= 4 is 16.8 Å². The van der Waals surface area contributed by atoms with Gasteiger partial charge in [-0.1, -0.05) is 12.1 Å². The topological polar surface area (TPSA) is 63.2 Å². The first-order valence-corrected chi connectivity index (χ1v) is 6.86. The molecule has 1 aromatic carbocycles. The van der Waals surface area contributed by atoms with Crippen LogP contribution in [-0.4, -0.2) is 12.4 Å². The molecule has 102 valence electrons. The lowest BCUT2D eigenvalue weighted by molar-refractivity contribution is -0.120. The van der Waals surface area contributed by atoms with Crippen LogP contribution in [0.3, 0.4) is 0 Å². The molecule has 4 heteroatoms. The van der Waals surface area contributed by atoms with E-state index in [1.165, 1.54) is 0 Å². The molecule has 0 bridgehead atoms. The molecule has 1 aliphatic carbocycles. The van der Waals surface area contributed by atoms with E-state index in [0.717, 1.165) is 18.2 Å². The van der Waals surface area contributed by atoms with Crippen LogP contribution in [0.5, 0.6) is 5.75 Å². The molecule has 0 amide bonds. The third-order valence-electron chi connectivity index (χ3n) is 3.80. The summed E-state index contributed by atoms with van der Waals surface area (Å²) in [6.07, 6.45) is 3.35. The summed E-state index contributed by atoms with van der Waals surface area (Å²) in [5.74, 6) is 1.15. The SMILES string of the molecule is N#Cc1oc2ccccc2c1OCCC1CCCC1=O. The highest BCUT2D eigenvalue weighted by molar-refractivity contribution is 5.86. The van der Waals surface area contributed by atoms with E-state index in [1.54, 1.807) is 0 Å². The number of fused-ring (bicyclic) bond motifs is 1. The summed E-state index contributed by atoms with van der Waals surface area (Å²) in [6, 6.07) is 9.43. The molecular formula is C16H15NO3. The second-order valence-corrected chi connectivity index (χ2v) is 5.06. The third kappa shape index (κ3) is 2.27. The van der Waals surface area contributed by atoms with Gasteiger partial charge in [0.2, 0.25) is 5.76 Å². The minimum Gasteiger partial charge on any atom is -0.488 e. The first kappa shape index (κ1) is 12.7. The van der Waals surface area contributed by atoms with Crippen LogP contribution >= 0.6 is 0 Å². The van der Waals surface area contributed by atoms with Crippen LogP contribution in [0.4, 0.5) is 0 Å². The van der Waals surface area contributed by atoms with Crippen molar-refractivity contribution in [2.75, 3.05) is 6.61 Å². The predicted molar refractivity (Wildman–Crippen MR) is 73.4 cm³/mol. The molecule has 0 N–H and O–H groups in total. The summed E-state index contributed by atoms with van der Waals surface area (Å²) < 4.78 is 11.2. The lowest BCUT2D eigenvalue weighted by atomic mass is 10.0. The van der Waals surface area contributed by atoms with Crippen molar-refractivity contribution in [1.29, 1.82) is 5.26 Å². The van der Waals surface area contributed by atoms with Gasteiger partial charge in [0.05, 0.1) is 12.0 Å². The van der Waals surface area contributed by atoms with Crippen LogP contribution in [0.25, 0.3) is 11.0 Å². The molecule has 4 nitrogen and oxygen atoms in total. The molecule has 1 heterocycles. The number of furan rings is 1. The van der Waals surface area contributed by atoms with Crippen LogP contribution < -0.4 is 4.74 Å². The van der Waals surface area contributed by atoms with Gasteiger partial charge >= 0.3 is 0 Å². The van der Waals surface area contributed by atoms with E-state index in [4.69, 9.17) is 14.4 Å². The minimum atomic E-state index is 0.124. The maximum absolute atomic E-state index is 11.6. The highest BCUT2D eigenvalue weighted by Crippen LogP contribution is 2.33. The fraction of sp³-hybridized carbons (Fsp3) is 0.375. The van der Waals surface area contributed by atoms with Crippen LogP contribution in [0, 0.1) is 17.2 Å². The van der Waals surface area contributed by atoms with Gasteiger partial charge in [0.25, 0.3) is 0 Å². The molecular weight excluding hydrogens is 254 g/mol. The Hall–Kier alpha value is -2.28. The highest BCUT2D eigenvalue weighted by atomic mass is 16.5. The Kier molecular flexibility index (Phi) is 3.42. The molecule has 20 heavy (non-hydrogen) atoms. The van der Waals surface area contributed by atoms with Crippen LogP contribution in [0.1, 0.15) is 31.4 Å². The Morgan fingerprint density at radius 3 is 3.00 bits per heavy atom. The molecule has 1 aliphatic rings. The number of para-hydroxylation sites is 1. The number of hydrogen-bond acceptors (Lipinski definition) is 4. The van der Waals surface area contributed by atoms with Gasteiger partial charge in [-0.25, -0.2) is 0 Å². The average Bonchev–Trinajstić information content (AvgIpc) is 3.03. The Bertz CT molecular complexity index is 681. The van der Waals surface area contributed by atoms with Gasteiger partial charge in [0, 0.05) is 12.3 Å². The van der Waals surface area contributed by atoms with Gasteiger partial charge in [-0.3, -0.25) is 4.79 Å². The molecule has 1 atom stereocenters. The zero-order valence-corrected chi connectivity index (χ0v) is 11.1. The number of benzene rings is 1. The first-order valence-electron chi connectivity index (χ1n) is 6.86. The van der Waals surface area contributed by atoms with E-state index in [0.29, 0.717) is 36.6 Å². The smallest absolute Gasteiger partial charge is 0.246 e. The normalized spacial score (nSPS) is 18.4. The molecule has 0 saturated heterocycles. The minimum absolute atomic E-state index is 0.124. The second-order valence-electron chi connectivity index (χ2n) is 5.06. The summed E-state index contributed by atoms with van der Waals surface area (Å²) in [7, 11) is 0. The maximum atomic E-state index is 11.6. The van der Waals surface area contributed by atoms with E-state index in [1.807, 2.05) is 30.3 Å². The molecule has 1 saturated carbocycles. The zero-order chi connectivity index (χ0) is 13.9. The van der Waals surface area contributed by atoms with Crippen molar-refractivity contribution in [2.24, 2.45) is 5.92 Å². The van der Waals surface area contributed by atoms with Crippen LogP contribution in [0.15, 0.2) is 28.7 Å². The fourth-order valence-electron chi connectivity index (χ4n) is 2.74. The van der Waals surface area contributed by atoms with Crippen LogP contribution in [-0.2, 0) is 4.79 Å². The highest BCUT2D eigenvalue weighted by Gasteiger charge is 2.24. The fourth-order valence-corrected chi connectivity index (χ4v) is 2.74. The number of rotatable bonds is 4. The number of carbonyl (C=O) groups excluding carboxylic acids is 1.